The number of amides is 1. The highest BCUT2D eigenvalue weighted by Crippen LogP contribution is 2.32. The van der Waals surface area contributed by atoms with Crippen molar-refractivity contribution in [2.45, 2.75) is 26.4 Å². The molecule has 1 amide bonds. The van der Waals surface area contributed by atoms with Gasteiger partial charge in [0.2, 0.25) is 5.91 Å². The van der Waals surface area contributed by atoms with Crippen LogP contribution in [0.4, 0.5) is 0 Å². The third kappa shape index (κ3) is 2.36. The first-order valence-electron chi connectivity index (χ1n) is 6.70. The van der Waals surface area contributed by atoms with Crippen LogP contribution in [0, 0.1) is 29.1 Å². The zero-order valence-corrected chi connectivity index (χ0v) is 11.1. The molecule has 0 aromatic rings. The molecule has 2 saturated heterocycles. The summed E-state index contributed by atoms with van der Waals surface area (Å²) in [5.74, 6) is -0.159. The average Bonchev–Trinajstić information content (AvgIpc) is 2.41. The van der Waals surface area contributed by atoms with Crippen molar-refractivity contribution in [2.24, 2.45) is 17.8 Å². The van der Waals surface area contributed by atoms with Crippen LogP contribution in [0.25, 0.3) is 0 Å². The largest absolute Gasteiger partial charge is 0.379 e. The van der Waals surface area contributed by atoms with Crippen LogP contribution in [0.3, 0.4) is 0 Å². The van der Waals surface area contributed by atoms with Gasteiger partial charge in [0.15, 0.2) is 0 Å². The highest BCUT2D eigenvalue weighted by Gasteiger charge is 2.43. The Balaban J connectivity index is 2.13. The minimum Gasteiger partial charge on any atom is -0.379 e. The van der Waals surface area contributed by atoms with E-state index in [0.29, 0.717) is 5.92 Å². The molecule has 0 aromatic carbocycles. The Morgan fingerprint density at radius 2 is 2.17 bits per heavy atom. The zero-order chi connectivity index (χ0) is 13.1. The number of carbonyl (C=O) groups excluding carboxylic acids is 1. The fourth-order valence-corrected chi connectivity index (χ4v) is 3.14. The molecule has 4 atom stereocenters. The van der Waals surface area contributed by atoms with Gasteiger partial charge in [-0.2, -0.15) is 5.26 Å². The molecule has 1 N–H and O–H groups in total. The molecule has 2 rings (SSSR count). The van der Waals surface area contributed by atoms with Crippen molar-refractivity contribution in [1.29, 1.82) is 5.26 Å². The maximum atomic E-state index is 12.0. The van der Waals surface area contributed by atoms with Gasteiger partial charge in [-0.05, 0) is 11.8 Å². The second-order valence-electron chi connectivity index (χ2n) is 5.14. The Bertz CT molecular complexity index is 347. The third-order valence-electron chi connectivity index (χ3n) is 4.22. The summed E-state index contributed by atoms with van der Waals surface area (Å²) >= 11 is 0. The number of morpholine rings is 1. The number of carbonyl (C=O) groups is 1. The molecular weight excluding hydrogens is 230 g/mol. The van der Waals surface area contributed by atoms with Crippen LogP contribution in [0.2, 0.25) is 0 Å². The molecule has 2 heterocycles. The van der Waals surface area contributed by atoms with E-state index in [4.69, 9.17) is 10.00 Å². The van der Waals surface area contributed by atoms with Gasteiger partial charge in [0.1, 0.15) is 5.92 Å². The predicted octanol–water partition coefficient (Wildman–Crippen LogP) is 0.577. The molecule has 0 saturated carbocycles. The lowest BCUT2D eigenvalue weighted by Gasteiger charge is -2.45. The van der Waals surface area contributed by atoms with E-state index < -0.39 is 5.92 Å². The van der Waals surface area contributed by atoms with Crippen LogP contribution in [-0.4, -0.2) is 43.3 Å². The molecule has 2 aliphatic rings. The molecule has 0 spiro atoms. The van der Waals surface area contributed by atoms with Crippen molar-refractivity contribution in [3.63, 3.8) is 0 Å². The van der Waals surface area contributed by atoms with Gasteiger partial charge in [-0.25, -0.2) is 0 Å². The molecule has 18 heavy (non-hydrogen) atoms. The Hall–Kier alpha value is -1.12. The van der Waals surface area contributed by atoms with Gasteiger partial charge in [0, 0.05) is 13.1 Å². The predicted molar refractivity (Wildman–Crippen MR) is 66.4 cm³/mol. The summed E-state index contributed by atoms with van der Waals surface area (Å²) < 4.78 is 5.34. The van der Waals surface area contributed by atoms with Crippen LogP contribution >= 0.6 is 0 Å². The maximum Gasteiger partial charge on any atom is 0.238 e. The molecule has 2 fully saturated rings. The van der Waals surface area contributed by atoms with E-state index in [1.807, 2.05) is 0 Å². The monoisotopic (exact) mass is 251 g/mol. The minimum absolute atomic E-state index is 0.0518. The Labute approximate surface area is 108 Å². The standard InChI is InChI=1S/C13H21N3O2/c1-3-10-9(2)12(15-13(17)11(10)8-14)16-4-6-18-7-5-16/h9-12H,3-7H2,1-2H3,(H,15,17)/t9-,10-,11-,12+/m0/s1. The van der Waals surface area contributed by atoms with Crippen molar-refractivity contribution in [3.05, 3.63) is 0 Å². The van der Waals surface area contributed by atoms with E-state index in [9.17, 15) is 4.79 Å². The molecule has 5 heteroatoms. The number of ether oxygens (including phenoxy) is 1. The van der Waals surface area contributed by atoms with Crippen LogP contribution in [0.1, 0.15) is 20.3 Å². The molecule has 5 nitrogen and oxygen atoms in total. The smallest absolute Gasteiger partial charge is 0.238 e. The van der Waals surface area contributed by atoms with E-state index in [1.165, 1.54) is 0 Å². The third-order valence-corrected chi connectivity index (χ3v) is 4.22. The van der Waals surface area contributed by atoms with Crippen LogP contribution in [-0.2, 0) is 9.53 Å². The summed E-state index contributed by atoms with van der Waals surface area (Å²) in [5.41, 5.74) is 0. The highest BCUT2D eigenvalue weighted by atomic mass is 16.5. The summed E-state index contributed by atoms with van der Waals surface area (Å²) in [6.45, 7) is 7.33. The first-order valence-corrected chi connectivity index (χ1v) is 6.70. The SMILES string of the molecule is CC[C@H]1[C@H](C)[C@@H](N2CCOCC2)NC(=O)[C@H]1C#N. The molecular formula is C13H21N3O2. The number of hydrogen-bond donors (Lipinski definition) is 1. The molecule has 0 unspecified atom stereocenters. The summed E-state index contributed by atoms with van der Waals surface area (Å²) in [4.78, 5) is 14.3. The van der Waals surface area contributed by atoms with Crippen LogP contribution < -0.4 is 5.32 Å². The van der Waals surface area contributed by atoms with Gasteiger partial charge >= 0.3 is 0 Å². The number of nitriles is 1. The summed E-state index contributed by atoms with van der Waals surface area (Å²) in [7, 11) is 0. The van der Waals surface area contributed by atoms with E-state index in [2.05, 4.69) is 30.1 Å². The van der Waals surface area contributed by atoms with Gasteiger partial charge < -0.3 is 10.1 Å². The summed E-state index contributed by atoms with van der Waals surface area (Å²) in [6, 6.07) is 2.15. The van der Waals surface area contributed by atoms with Crippen molar-refractivity contribution >= 4 is 5.91 Å². The normalized spacial score (nSPS) is 37.9. The number of nitrogens with zero attached hydrogens (tertiary/aromatic N) is 2. The molecule has 0 bridgehead atoms. The maximum absolute atomic E-state index is 12.0. The van der Waals surface area contributed by atoms with E-state index in [1.54, 1.807) is 0 Å². The van der Waals surface area contributed by atoms with Gasteiger partial charge in [0.05, 0.1) is 25.4 Å². The van der Waals surface area contributed by atoms with E-state index >= 15 is 0 Å². The van der Waals surface area contributed by atoms with Gasteiger partial charge in [-0.1, -0.05) is 20.3 Å². The van der Waals surface area contributed by atoms with E-state index in [-0.39, 0.29) is 18.0 Å². The summed E-state index contributed by atoms with van der Waals surface area (Å²) in [6.07, 6.45) is 0.921. The highest BCUT2D eigenvalue weighted by molar-refractivity contribution is 5.82. The minimum atomic E-state index is -0.498. The number of nitrogens with one attached hydrogen (secondary N) is 1. The van der Waals surface area contributed by atoms with E-state index in [0.717, 1.165) is 32.7 Å². The molecule has 0 aromatic heterocycles. The topological polar surface area (TPSA) is 65.4 Å². The molecule has 0 aliphatic carbocycles. The van der Waals surface area contributed by atoms with Crippen molar-refractivity contribution < 1.29 is 9.53 Å². The second-order valence-corrected chi connectivity index (χ2v) is 5.14. The summed E-state index contributed by atoms with van der Waals surface area (Å²) in [5, 5.41) is 12.1. The first-order chi connectivity index (χ1) is 8.69. The lowest BCUT2D eigenvalue weighted by molar-refractivity contribution is -0.135. The van der Waals surface area contributed by atoms with Crippen molar-refractivity contribution in [2.75, 3.05) is 26.3 Å². The number of hydrogen-bond acceptors (Lipinski definition) is 4. The fourth-order valence-electron chi connectivity index (χ4n) is 3.14. The quantitative estimate of drug-likeness (QED) is 0.779. The Morgan fingerprint density at radius 3 is 2.72 bits per heavy atom. The van der Waals surface area contributed by atoms with Gasteiger partial charge in [-0.15, -0.1) is 0 Å². The first kappa shape index (κ1) is 13.3. The number of rotatable bonds is 2. The van der Waals surface area contributed by atoms with Crippen molar-refractivity contribution in [1.82, 2.24) is 10.2 Å². The van der Waals surface area contributed by atoms with Crippen molar-refractivity contribution in [3.8, 4) is 6.07 Å². The molecule has 0 radical (unpaired) electrons. The van der Waals surface area contributed by atoms with Crippen LogP contribution in [0.5, 0.6) is 0 Å². The lowest BCUT2D eigenvalue weighted by Crippen LogP contribution is -2.62. The zero-order valence-electron chi connectivity index (χ0n) is 11.1. The number of piperidine rings is 1. The fraction of sp³-hybridized carbons (Fsp3) is 0.846. The van der Waals surface area contributed by atoms with Gasteiger partial charge in [0.25, 0.3) is 0 Å². The van der Waals surface area contributed by atoms with Crippen LogP contribution in [0.15, 0.2) is 0 Å². The second kappa shape index (κ2) is 5.68. The Kier molecular flexibility index (Phi) is 4.20. The van der Waals surface area contributed by atoms with Gasteiger partial charge in [-0.3, -0.25) is 9.69 Å². The molecule has 2 aliphatic heterocycles. The average molecular weight is 251 g/mol. The lowest BCUT2D eigenvalue weighted by atomic mass is 9.76. The molecule has 100 valence electrons. The Morgan fingerprint density at radius 1 is 1.50 bits per heavy atom.